The summed E-state index contributed by atoms with van der Waals surface area (Å²) in [5.41, 5.74) is 1.50. The maximum absolute atomic E-state index is 13.2. The first kappa shape index (κ1) is 22.2. The predicted octanol–water partition coefficient (Wildman–Crippen LogP) is 1.49. The summed E-state index contributed by atoms with van der Waals surface area (Å²) >= 11 is 0. The molecule has 1 aromatic heterocycles. The van der Waals surface area contributed by atoms with Crippen LogP contribution in [-0.4, -0.2) is 88.9 Å². The number of rotatable bonds is 3. The lowest BCUT2D eigenvalue weighted by Gasteiger charge is -2.57. The number of likely N-dealkylation sites (tertiary alicyclic amines) is 1. The minimum absolute atomic E-state index is 0.0435. The van der Waals surface area contributed by atoms with Crippen molar-refractivity contribution in [3.8, 4) is 0 Å². The number of amides is 2. The summed E-state index contributed by atoms with van der Waals surface area (Å²) in [6.07, 6.45) is 5.54. The molecule has 164 valence electrons. The highest BCUT2D eigenvalue weighted by Crippen LogP contribution is 2.42. The van der Waals surface area contributed by atoms with Crippen LogP contribution in [0, 0.1) is 18.8 Å². The van der Waals surface area contributed by atoms with E-state index in [2.05, 4.69) is 28.9 Å². The first-order chi connectivity index (χ1) is 14.4. The maximum Gasteiger partial charge on any atom is 0.290 e. The summed E-state index contributed by atoms with van der Waals surface area (Å²) in [7, 11) is 4.14. The van der Waals surface area contributed by atoms with Crippen molar-refractivity contribution in [1.82, 2.24) is 19.7 Å². The van der Waals surface area contributed by atoms with E-state index in [0.29, 0.717) is 29.9 Å². The van der Waals surface area contributed by atoms with Crippen LogP contribution in [-0.2, 0) is 9.59 Å². The highest BCUT2D eigenvalue weighted by atomic mass is 16.3. The number of carbonyl (C=O) groups is 3. The van der Waals surface area contributed by atoms with Crippen molar-refractivity contribution in [3.63, 3.8) is 0 Å². The second-order valence-corrected chi connectivity index (χ2v) is 8.83. The van der Waals surface area contributed by atoms with Crippen LogP contribution >= 0.6 is 0 Å². The highest BCUT2D eigenvalue weighted by molar-refractivity contribution is 5.93. The number of carbonyl (C=O) groups excluding carboxylic acids is 2. The zero-order chi connectivity index (χ0) is 21.8. The summed E-state index contributed by atoms with van der Waals surface area (Å²) in [5, 5.41) is 6.89. The molecule has 2 amide bonds. The fraction of sp³-hybridized carbons (Fsp3) is 0.636. The molecular formula is C22H32N4O4. The van der Waals surface area contributed by atoms with E-state index in [4.69, 9.17) is 9.90 Å². The smallest absolute Gasteiger partial charge is 0.290 e. The second kappa shape index (κ2) is 9.55. The summed E-state index contributed by atoms with van der Waals surface area (Å²) in [6.45, 7) is 4.03. The maximum atomic E-state index is 13.2. The molecule has 4 heterocycles. The Labute approximate surface area is 177 Å². The van der Waals surface area contributed by atoms with Gasteiger partial charge in [0.25, 0.3) is 12.4 Å². The standard InChI is InChI=1S/C21H30N4O2.CH2O2/c1-14-6-5-9-22-20(14)21(27)24-11-15-10-16(12-24)18(13-23(2)3)25-17(15)7-4-8-19(25)26;2-1-3/h5-6,9,15-18H,4,7-8,10-13H2,1-3H3;1H,(H,2,3)/t15-,16+,17+,18+;/m1./s1. The van der Waals surface area contributed by atoms with E-state index in [1.807, 2.05) is 24.0 Å². The first-order valence-corrected chi connectivity index (χ1v) is 10.6. The number of aromatic nitrogens is 1. The van der Waals surface area contributed by atoms with Crippen molar-refractivity contribution in [1.29, 1.82) is 0 Å². The van der Waals surface area contributed by atoms with Crippen LogP contribution in [0.2, 0.25) is 0 Å². The number of hydrogen-bond donors (Lipinski definition) is 1. The number of pyridine rings is 1. The van der Waals surface area contributed by atoms with E-state index in [1.54, 1.807) is 6.20 Å². The Morgan fingerprint density at radius 2 is 2.03 bits per heavy atom. The molecule has 3 fully saturated rings. The SMILES string of the molecule is Cc1cccnc1C(=O)N1C[C@H]2C[C@@H](C1)[C@H](CN(C)C)N1C(=O)CCC[C@@H]21.O=CO. The van der Waals surface area contributed by atoms with E-state index in [9.17, 15) is 9.59 Å². The second-order valence-electron chi connectivity index (χ2n) is 8.83. The molecule has 0 spiro atoms. The van der Waals surface area contributed by atoms with Crippen molar-refractivity contribution in [2.24, 2.45) is 11.8 Å². The largest absolute Gasteiger partial charge is 0.483 e. The lowest BCUT2D eigenvalue weighted by Crippen LogP contribution is -2.67. The fourth-order valence-electron chi connectivity index (χ4n) is 5.41. The van der Waals surface area contributed by atoms with Crippen molar-refractivity contribution in [3.05, 3.63) is 29.6 Å². The third-order valence-electron chi connectivity index (χ3n) is 6.55. The molecule has 4 rings (SSSR count). The zero-order valence-corrected chi connectivity index (χ0v) is 18.0. The number of hydrogen-bond acceptors (Lipinski definition) is 5. The number of likely N-dealkylation sites (N-methyl/N-ethyl adjacent to an activating group) is 1. The van der Waals surface area contributed by atoms with Crippen molar-refractivity contribution >= 4 is 18.3 Å². The average molecular weight is 417 g/mol. The van der Waals surface area contributed by atoms with Crippen LogP contribution in [0.25, 0.3) is 0 Å². The molecular weight excluding hydrogens is 384 g/mol. The quantitative estimate of drug-likeness (QED) is 0.751. The normalized spacial score (nSPS) is 27.8. The van der Waals surface area contributed by atoms with E-state index >= 15 is 0 Å². The van der Waals surface area contributed by atoms with Crippen LogP contribution in [0.4, 0.5) is 0 Å². The molecule has 3 aliphatic heterocycles. The third kappa shape index (κ3) is 4.48. The molecule has 1 N–H and O–H groups in total. The number of nitrogens with zero attached hydrogens (tertiary/aromatic N) is 4. The molecule has 8 heteroatoms. The van der Waals surface area contributed by atoms with Gasteiger partial charge in [-0.25, -0.2) is 0 Å². The predicted molar refractivity (Wildman–Crippen MR) is 112 cm³/mol. The van der Waals surface area contributed by atoms with Gasteiger partial charge in [0.05, 0.1) is 0 Å². The van der Waals surface area contributed by atoms with E-state index in [0.717, 1.165) is 44.5 Å². The van der Waals surface area contributed by atoms with Gasteiger partial charge in [0.1, 0.15) is 5.69 Å². The summed E-state index contributed by atoms with van der Waals surface area (Å²) < 4.78 is 0. The van der Waals surface area contributed by atoms with Gasteiger partial charge >= 0.3 is 0 Å². The summed E-state index contributed by atoms with van der Waals surface area (Å²) in [6, 6.07) is 4.30. The van der Waals surface area contributed by atoms with Crippen LogP contribution in [0.1, 0.15) is 41.7 Å². The van der Waals surface area contributed by atoms with Gasteiger partial charge in [0.2, 0.25) is 5.91 Å². The molecule has 0 aromatic carbocycles. The highest BCUT2D eigenvalue weighted by Gasteiger charge is 2.50. The summed E-state index contributed by atoms with van der Waals surface area (Å²) in [5.74, 6) is 1.09. The summed E-state index contributed by atoms with van der Waals surface area (Å²) in [4.78, 5) is 45.0. The number of piperidine rings is 3. The van der Waals surface area contributed by atoms with Gasteiger partial charge in [-0.2, -0.15) is 0 Å². The molecule has 1 aromatic rings. The number of aryl methyl sites for hydroxylation is 1. The molecule has 3 saturated heterocycles. The Morgan fingerprint density at radius 3 is 2.70 bits per heavy atom. The van der Waals surface area contributed by atoms with Gasteiger partial charge in [-0.15, -0.1) is 0 Å². The minimum atomic E-state index is -0.250. The lowest BCUT2D eigenvalue weighted by molar-refractivity contribution is -0.152. The Bertz CT molecular complexity index is 784. The average Bonchev–Trinajstić information content (AvgIpc) is 2.71. The topological polar surface area (TPSA) is 94.1 Å². The van der Waals surface area contributed by atoms with Gasteiger partial charge in [-0.05, 0) is 63.7 Å². The van der Waals surface area contributed by atoms with Gasteiger partial charge in [-0.1, -0.05) is 6.07 Å². The van der Waals surface area contributed by atoms with Crippen molar-refractivity contribution in [2.75, 3.05) is 33.7 Å². The molecule has 0 aliphatic carbocycles. The van der Waals surface area contributed by atoms with E-state index in [1.165, 1.54) is 0 Å². The van der Waals surface area contributed by atoms with Crippen molar-refractivity contribution in [2.45, 2.75) is 44.7 Å². The molecule has 8 nitrogen and oxygen atoms in total. The monoisotopic (exact) mass is 416 g/mol. The first-order valence-electron chi connectivity index (χ1n) is 10.6. The Balaban J connectivity index is 0.000000806. The number of carboxylic acid groups (broad SMARTS) is 1. The fourth-order valence-corrected chi connectivity index (χ4v) is 5.41. The zero-order valence-electron chi connectivity index (χ0n) is 18.0. The van der Waals surface area contributed by atoms with E-state index in [-0.39, 0.29) is 24.5 Å². The van der Waals surface area contributed by atoms with Crippen LogP contribution in [0.5, 0.6) is 0 Å². The van der Waals surface area contributed by atoms with Gasteiger partial charge in [0.15, 0.2) is 0 Å². The molecule has 4 atom stereocenters. The van der Waals surface area contributed by atoms with E-state index < -0.39 is 0 Å². The number of fused-ring (bicyclic) bond motifs is 4. The molecule has 0 radical (unpaired) electrons. The van der Waals surface area contributed by atoms with Gasteiger partial charge in [0, 0.05) is 44.3 Å². The van der Waals surface area contributed by atoms with Crippen molar-refractivity contribution < 1.29 is 19.5 Å². The van der Waals surface area contributed by atoms with Crippen LogP contribution < -0.4 is 0 Å². The Hall–Kier alpha value is -2.48. The lowest BCUT2D eigenvalue weighted by atomic mass is 9.72. The minimum Gasteiger partial charge on any atom is -0.483 e. The van der Waals surface area contributed by atoms with Crippen LogP contribution in [0.3, 0.4) is 0 Å². The van der Waals surface area contributed by atoms with Gasteiger partial charge in [-0.3, -0.25) is 19.4 Å². The Morgan fingerprint density at radius 1 is 1.33 bits per heavy atom. The third-order valence-corrected chi connectivity index (χ3v) is 6.55. The molecule has 30 heavy (non-hydrogen) atoms. The molecule has 0 unspecified atom stereocenters. The molecule has 0 saturated carbocycles. The van der Waals surface area contributed by atoms with Gasteiger partial charge < -0.3 is 19.8 Å². The van der Waals surface area contributed by atoms with Crippen LogP contribution in [0.15, 0.2) is 18.3 Å². The molecule has 3 aliphatic rings. The molecule has 2 bridgehead atoms. The Kier molecular flexibility index (Phi) is 7.07.